The van der Waals surface area contributed by atoms with E-state index in [4.69, 9.17) is 4.84 Å². The molecular weight excluding hydrogens is 743 g/mol. The Hall–Kier alpha value is -1.51. The molecule has 0 unspecified atom stereocenters. The summed E-state index contributed by atoms with van der Waals surface area (Å²) >= 11 is 0. The smallest absolute Gasteiger partial charge is 0.249 e. The Bertz CT molecular complexity index is 1040. The topological polar surface area (TPSA) is 38.3 Å². The molecule has 0 aliphatic rings. The molecule has 0 heterocycles. The van der Waals surface area contributed by atoms with Gasteiger partial charge in [-0.2, -0.15) is 5.48 Å². The van der Waals surface area contributed by atoms with Crippen LogP contribution in [0.25, 0.3) is 0 Å². The molecule has 0 saturated heterocycles. The third kappa shape index (κ3) is 31.1. The number of unbranched alkanes of at least 4 members (excludes halogenated alkanes) is 35. The minimum Gasteiger partial charge on any atom is -0.379 e. The van der Waals surface area contributed by atoms with Gasteiger partial charge in [0.2, 0.25) is 5.91 Å². The van der Waals surface area contributed by atoms with E-state index in [1.807, 2.05) is 0 Å². The third-order valence-corrected chi connectivity index (χ3v) is 13.7. The van der Waals surface area contributed by atoms with Crippen LogP contribution in [-0.4, -0.2) is 5.91 Å². The summed E-state index contributed by atoms with van der Waals surface area (Å²) < 4.78 is 0. The fraction of sp³-hybridized carbons (Fsp3) is 0.879. The van der Waals surface area contributed by atoms with Crippen molar-refractivity contribution >= 4 is 5.91 Å². The average Bonchev–Trinajstić information content (AvgIpc) is 3.26. The fourth-order valence-corrected chi connectivity index (χ4v) is 9.86. The highest BCUT2D eigenvalue weighted by atomic mass is 16.7. The van der Waals surface area contributed by atoms with Crippen LogP contribution in [0.2, 0.25) is 0 Å². The molecule has 0 aromatic heterocycles. The van der Waals surface area contributed by atoms with Gasteiger partial charge in [-0.25, -0.2) is 0 Å². The van der Waals surface area contributed by atoms with Gasteiger partial charge in [0, 0.05) is 18.1 Å². The molecule has 0 radical (unpaired) electrons. The molecule has 1 amide bonds. The van der Waals surface area contributed by atoms with Crippen molar-refractivity contribution in [2.45, 2.75) is 330 Å². The van der Waals surface area contributed by atoms with Gasteiger partial charge >= 0.3 is 0 Å². The predicted molar refractivity (Wildman–Crippen MR) is 272 cm³/mol. The molecule has 1 aromatic carbocycles. The number of amides is 1. The molecule has 1 rings (SSSR count). The van der Waals surface area contributed by atoms with Crippen LogP contribution in [0.3, 0.4) is 0 Å². The molecule has 358 valence electrons. The van der Waals surface area contributed by atoms with Crippen LogP contribution in [0.5, 0.6) is 5.75 Å². The summed E-state index contributed by atoms with van der Waals surface area (Å²) in [5, 5.41) is 0. The van der Waals surface area contributed by atoms with Gasteiger partial charge in [0.05, 0.1) is 0 Å². The van der Waals surface area contributed by atoms with E-state index < -0.39 is 0 Å². The normalized spacial score (nSPS) is 11.5. The van der Waals surface area contributed by atoms with Crippen LogP contribution >= 0.6 is 0 Å². The van der Waals surface area contributed by atoms with Crippen LogP contribution in [0.15, 0.2) is 0 Å². The van der Waals surface area contributed by atoms with E-state index in [1.54, 1.807) is 23.6 Å². The maximum Gasteiger partial charge on any atom is 0.249 e. The van der Waals surface area contributed by atoms with Crippen molar-refractivity contribution in [3.05, 3.63) is 27.8 Å². The van der Waals surface area contributed by atoms with Gasteiger partial charge in [0.1, 0.15) is 0 Å². The highest BCUT2D eigenvalue weighted by Gasteiger charge is 2.25. The zero-order chi connectivity index (χ0) is 44.3. The Labute approximate surface area is 383 Å². The van der Waals surface area contributed by atoms with E-state index in [1.165, 1.54) is 287 Å². The van der Waals surface area contributed by atoms with Crippen molar-refractivity contribution in [1.29, 1.82) is 0 Å². The SMILES string of the molecule is CCCCCCCCCCc1c(CCCCCCCCCC)c(CCCCCCCCCC)c(ONC(C)=O)c(CCCCCCCCCC)c1CCCCCCCCCC. The van der Waals surface area contributed by atoms with Crippen molar-refractivity contribution in [1.82, 2.24) is 5.48 Å². The predicted octanol–water partition coefficient (Wildman–Crippen LogP) is 19.5. The zero-order valence-corrected chi connectivity index (χ0v) is 42.6. The molecule has 1 aromatic rings. The lowest BCUT2D eigenvalue weighted by atomic mass is 9.80. The molecule has 3 heteroatoms. The second kappa shape index (κ2) is 43.7. The number of carbonyl (C=O) groups excluding carboxylic acids is 1. The number of benzene rings is 1. The molecule has 61 heavy (non-hydrogen) atoms. The summed E-state index contributed by atoms with van der Waals surface area (Å²) in [7, 11) is 0. The van der Waals surface area contributed by atoms with Crippen molar-refractivity contribution < 1.29 is 9.63 Å². The van der Waals surface area contributed by atoms with Gasteiger partial charge in [-0.15, -0.1) is 0 Å². The van der Waals surface area contributed by atoms with E-state index in [0.717, 1.165) is 18.6 Å². The van der Waals surface area contributed by atoms with Crippen LogP contribution in [0, 0.1) is 0 Å². The molecule has 0 fully saturated rings. The Morgan fingerprint density at radius 3 is 0.689 bits per heavy atom. The number of carbonyl (C=O) groups is 1. The molecule has 0 spiro atoms. The molecule has 0 bridgehead atoms. The molecule has 0 saturated carbocycles. The maximum atomic E-state index is 12.6. The first-order valence-corrected chi connectivity index (χ1v) is 28.2. The quantitative estimate of drug-likeness (QED) is 0.0524. The average molecular weight is 853 g/mol. The van der Waals surface area contributed by atoms with Gasteiger partial charge in [-0.3, -0.25) is 4.79 Å². The lowest BCUT2D eigenvalue weighted by Gasteiger charge is -2.27. The first-order chi connectivity index (χ1) is 30.0. The summed E-state index contributed by atoms with van der Waals surface area (Å²) in [5.74, 6) is 0.984. The van der Waals surface area contributed by atoms with Crippen molar-refractivity contribution in [3.63, 3.8) is 0 Å². The Kier molecular flexibility index (Phi) is 41.2. The maximum absolute atomic E-state index is 12.6. The minimum absolute atomic E-state index is 0.0895. The minimum atomic E-state index is -0.0895. The van der Waals surface area contributed by atoms with E-state index >= 15 is 0 Å². The molecule has 0 aliphatic carbocycles. The Morgan fingerprint density at radius 1 is 0.295 bits per heavy atom. The number of hydrogen-bond acceptors (Lipinski definition) is 2. The van der Waals surface area contributed by atoms with Crippen molar-refractivity contribution in [3.8, 4) is 5.75 Å². The van der Waals surface area contributed by atoms with Gasteiger partial charge in [-0.05, 0) is 80.9 Å². The highest BCUT2D eigenvalue weighted by Crippen LogP contribution is 2.40. The first kappa shape index (κ1) is 57.5. The number of nitrogens with one attached hydrogen (secondary N) is 1. The highest BCUT2D eigenvalue weighted by molar-refractivity contribution is 5.72. The van der Waals surface area contributed by atoms with Crippen LogP contribution in [0.4, 0.5) is 0 Å². The third-order valence-electron chi connectivity index (χ3n) is 13.7. The summed E-state index contributed by atoms with van der Waals surface area (Å²) in [5.41, 5.74) is 10.9. The molecule has 3 nitrogen and oxygen atoms in total. The molecule has 1 N–H and O–H groups in total. The number of hydrogen-bond donors (Lipinski definition) is 1. The Morgan fingerprint density at radius 2 is 0.475 bits per heavy atom. The largest absolute Gasteiger partial charge is 0.379 e. The lowest BCUT2D eigenvalue weighted by molar-refractivity contribution is -0.125. The Balaban J connectivity index is 3.65. The summed E-state index contributed by atoms with van der Waals surface area (Å²) in [4.78, 5) is 19.3. The summed E-state index contributed by atoms with van der Waals surface area (Å²) in [6.07, 6.45) is 59.8. The fourth-order valence-electron chi connectivity index (χ4n) is 9.86. The lowest BCUT2D eigenvalue weighted by Crippen LogP contribution is -2.26. The number of hydroxylamine groups is 1. The van der Waals surface area contributed by atoms with E-state index in [-0.39, 0.29) is 5.91 Å². The molecule has 0 atom stereocenters. The van der Waals surface area contributed by atoms with E-state index in [2.05, 4.69) is 40.1 Å². The zero-order valence-electron chi connectivity index (χ0n) is 42.6. The molecule has 0 aliphatic heterocycles. The first-order valence-electron chi connectivity index (χ1n) is 28.2. The molecular formula is C58H109NO2. The summed E-state index contributed by atoms with van der Waals surface area (Å²) in [6.45, 7) is 13.2. The second-order valence-corrected chi connectivity index (χ2v) is 19.6. The standard InChI is InChI=1S/C58H109NO2/c1-7-12-17-22-27-32-37-42-47-53-54(48-43-38-33-28-23-18-13-8-2)56(50-45-40-35-30-25-20-15-10-4)58(61-59-52(6)60)57(51-46-41-36-31-26-21-16-11-5)55(53)49-44-39-34-29-24-19-14-9-3/h7-51H2,1-6H3,(H,59,60). The van der Waals surface area contributed by atoms with Gasteiger partial charge in [0.15, 0.2) is 5.75 Å². The monoisotopic (exact) mass is 852 g/mol. The van der Waals surface area contributed by atoms with Gasteiger partial charge in [-0.1, -0.05) is 259 Å². The second-order valence-electron chi connectivity index (χ2n) is 19.6. The number of rotatable bonds is 47. The van der Waals surface area contributed by atoms with E-state index in [0.29, 0.717) is 0 Å². The van der Waals surface area contributed by atoms with Crippen LogP contribution < -0.4 is 10.3 Å². The summed E-state index contributed by atoms with van der Waals surface area (Å²) in [6, 6.07) is 0. The van der Waals surface area contributed by atoms with E-state index in [9.17, 15) is 4.79 Å². The van der Waals surface area contributed by atoms with Crippen LogP contribution in [0.1, 0.15) is 326 Å². The van der Waals surface area contributed by atoms with Gasteiger partial charge < -0.3 is 4.84 Å². The van der Waals surface area contributed by atoms with Crippen molar-refractivity contribution in [2.75, 3.05) is 0 Å². The van der Waals surface area contributed by atoms with Crippen LogP contribution in [-0.2, 0) is 36.9 Å². The van der Waals surface area contributed by atoms with Crippen molar-refractivity contribution in [2.24, 2.45) is 0 Å². The van der Waals surface area contributed by atoms with Gasteiger partial charge in [0.25, 0.3) is 0 Å².